The number of benzene rings is 1. The standard InChI is InChI=1S/C14H17N5O4.2BrH/c1-17-2-4-18(5-3-17)8-9-6-10(19(22)23)7-11-12(9)16-14(21)13(20)15-11;;/h6-7H,2-5,8H2,1H3,(H,15,20)(H,16,21);2*1H. The summed E-state index contributed by atoms with van der Waals surface area (Å²) in [6.45, 7) is 4.00. The van der Waals surface area contributed by atoms with E-state index in [1.54, 1.807) is 0 Å². The van der Waals surface area contributed by atoms with Gasteiger partial charge in [-0.2, -0.15) is 0 Å². The van der Waals surface area contributed by atoms with Crippen molar-refractivity contribution in [3.63, 3.8) is 0 Å². The van der Waals surface area contributed by atoms with Crippen LogP contribution in [0.15, 0.2) is 21.7 Å². The zero-order valence-corrected chi connectivity index (χ0v) is 16.9. The molecule has 0 amide bonds. The lowest BCUT2D eigenvalue weighted by atomic mass is 10.1. The highest BCUT2D eigenvalue weighted by molar-refractivity contribution is 8.93. The van der Waals surface area contributed by atoms with Gasteiger partial charge >= 0.3 is 11.1 Å². The molecule has 1 aromatic carbocycles. The molecule has 3 rings (SSSR count). The maximum atomic E-state index is 11.6. The summed E-state index contributed by atoms with van der Waals surface area (Å²) in [6, 6.07) is 2.72. The van der Waals surface area contributed by atoms with E-state index in [4.69, 9.17) is 0 Å². The van der Waals surface area contributed by atoms with Crippen LogP contribution in [0.5, 0.6) is 0 Å². The number of likely N-dealkylation sites (N-methyl/N-ethyl adjacent to an activating group) is 1. The van der Waals surface area contributed by atoms with Crippen LogP contribution in [-0.2, 0) is 6.54 Å². The van der Waals surface area contributed by atoms with Crippen LogP contribution in [0.25, 0.3) is 11.0 Å². The molecular formula is C14H19Br2N5O4. The zero-order valence-electron chi connectivity index (χ0n) is 13.5. The van der Waals surface area contributed by atoms with Crippen molar-refractivity contribution in [2.75, 3.05) is 33.2 Å². The number of non-ortho nitro benzene ring substituents is 1. The number of nitro benzene ring substituents is 1. The third-order valence-electron chi connectivity index (χ3n) is 4.10. The summed E-state index contributed by atoms with van der Waals surface area (Å²) in [5, 5.41) is 11.1. The van der Waals surface area contributed by atoms with Crippen molar-refractivity contribution in [2.45, 2.75) is 6.54 Å². The molecule has 25 heavy (non-hydrogen) atoms. The second-order valence-corrected chi connectivity index (χ2v) is 5.77. The van der Waals surface area contributed by atoms with E-state index in [1.165, 1.54) is 12.1 Å². The summed E-state index contributed by atoms with van der Waals surface area (Å²) in [6.07, 6.45) is 0. The van der Waals surface area contributed by atoms with Gasteiger partial charge in [-0.3, -0.25) is 24.6 Å². The van der Waals surface area contributed by atoms with E-state index in [-0.39, 0.29) is 45.2 Å². The molecule has 1 aliphatic heterocycles. The Morgan fingerprint density at radius 1 is 1.08 bits per heavy atom. The molecule has 2 N–H and O–H groups in total. The number of aromatic amines is 2. The Bertz CT molecular complexity index is 874. The number of H-pyrrole nitrogens is 2. The molecule has 9 nitrogen and oxygen atoms in total. The largest absolute Gasteiger partial charge is 0.316 e. The van der Waals surface area contributed by atoms with Gasteiger partial charge < -0.3 is 14.9 Å². The SMILES string of the molecule is Br.Br.CN1CCN(Cc2cc([N+](=O)[O-])cc3[nH]c(=O)c(=O)[nH]c23)CC1. The minimum absolute atomic E-state index is 0. The third-order valence-corrected chi connectivity index (χ3v) is 4.10. The monoisotopic (exact) mass is 479 g/mol. The second-order valence-electron chi connectivity index (χ2n) is 5.77. The molecule has 0 unspecified atom stereocenters. The molecule has 0 aliphatic carbocycles. The van der Waals surface area contributed by atoms with Crippen molar-refractivity contribution in [2.24, 2.45) is 0 Å². The van der Waals surface area contributed by atoms with Crippen LogP contribution in [-0.4, -0.2) is 57.9 Å². The predicted octanol–water partition coefficient (Wildman–Crippen LogP) is 1.03. The van der Waals surface area contributed by atoms with E-state index in [0.29, 0.717) is 17.6 Å². The molecule has 0 saturated carbocycles. The Kier molecular flexibility index (Phi) is 7.47. The number of nitro groups is 1. The lowest BCUT2D eigenvalue weighted by molar-refractivity contribution is -0.384. The maximum absolute atomic E-state index is 11.6. The molecule has 138 valence electrons. The van der Waals surface area contributed by atoms with Gasteiger partial charge in [-0.25, -0.2) is 0 Å². The summed E-state index contributed by atoms with van der Waals surface area (Å²) in [5.74, 6) is 0. The van der Waals surface area contributed by atoms with Crippen molar-refractivity contribution < 1.29 is 4.92 Å². The average molecular weight is 481 g/mol. The van der Waals surface area contributed by atoms with E-state index in [2.05, 4.69) is 19.8 Å². The van der Waals surface area contributed by atoms with Crippen molar-refractivity contribution in [1.82, 2.24) is 19.8 Å². The highest BCUT2D eigenvalue weighted by atomic mass is 79.9. The van der Waals surface area contributed by atoms with Crippen LogP contribution in [0, 0.1) is 10.1 Å². The predicted molar refractivity (Wildman–Crippen MR) is 105 cm³/mol. The number of nitrogens with zero attached hydrogens (tertiary/aromatic N) is 3. The van der Waals surface area contributed by atoms with Gasteiger partial charge in [-0.1, -0.05) is 0 Å². The Labute approximate surface area is 163 Å². The highest BCUT2D eigenvalue weighted by Gasteiger charge is 2.18. The molecule has 0 bridgehead atoms. The Morgan fingerprint density at radius 3 is 2.28 bits per heavy atom. The fraction of sp³-hybridized carbons (Fsp3) is 0.429. The number of nitrogens with one attached hydrogen (secondary N) is 2. The summed E-state index contributed by atoms with van der Waals surface area (Å²) >= 11 is 0. The van der Waals surface area contributed by atoms with Gasteiger partial charge in [-0.05, 0) is 12.6 Å². The lowest BCUT2D eigenvalue weighted by Gasteiger charge is -2.32. The Balaban J connectivity index is 0.00000156. The molecule has 1 fully saturated rings. The van der Waals surface area contributed by atoms with Crippen LogP contribution >= 0.6 is 34.0 Å². The molecule has 2 heterocycles. The second kappa shape index (κ2) is 8.70. The molecule has 1 saturated heterocycles. The summed E-state index contributed by atoms with van der Waals surface area (Å²) in [5.41, 5.74) is -0.335. The fourth-order valence-electron chi connectivity index (χ4n) is 2.76. The first-order valence-electron chi connectivity index (χ1n) is 7.28. The van der Waals surface area contributed by atoms with Gasteiger partial charge in [0.15, 0.2) is 0 Å². The summed E-state index contributed by atoms with van der Waals surface area (Å²) in [4.78, 5) is 43.0. The fourth-order valence-corrected chi connectivity index (χ4v) is 2.76. The van der Waals surface area contributed by atoms with Gasteiger partial charge in [0.05, 0.1) is 16.0 Å². The van der Waals surface area contributed by atoms with E-state index < -0.39 is 16.0 Å². The number of piperazine rings is 1. The minimum atomic E-state index is -0.816. The minimum Gasteiger partial charge on any atom is -0.316 e. The van der Waals surface area contributed by atoms with Crippen molar-refractivity contribution >= 4 is 50.7 Å². The molecular weight excluding hydrogens is 462 g/mol. The maximum Gasteiger partial charge on any atom is 0.314 e. The van der Waals surface area contributed by atoms with Crippen molar-refractivity contribution in [1.29, 1.82) is 0 Å². The Hall–Kier alpha value is -1.56. The van der Waals surface area contributed by atoms with Crippen LogP contribution in [0.3, 0.4) is 0 Å². The van der Waals surface area contributed by atoms with E-state index in [0.717, 1.165) is 26.2 Å². The number of halogens is 2. The van der Waals surface area contributed by atoms with Gasteiger partial charge in [0.2, 0.25) is 0 Å². The lowest BCUT2D eigenvalue weighted by Crippen LogP contribution is -2.44. The molecule has 11 heteroatoms. The summed E-state index contributed by atoms with van der Waals surface area (Å²) < 4.78 is 0. The van der Waals surface area contributed by atoms with Crippen molar-refractivity contribution in [3.05, 3.63) is 48.5 Å². The molecule has 2 aromatic rings. The first-order valence-corrected chi connectivity index (χ1v) is 7.28. The smallest absolute Gasteiger partial charge is 0.314 e. The number of hydrogen-bond acceptors (Lipinski definition) is 6. The molecule has 1 aromatic heterocycles. The normalized spacial score (nSPS) is 15.4. The molecule has 0 spiro atoms. The molecule has 1 aliphatic rings. The topological polar surface area (TPSA) is 115 Å². The number of aromatic nitrogens is 2. The average Bonchev–Trinajstić information content (AvgIpc) is 2.51. The van der Waals surface area contributed by atoms with Gasteiger partial charge in [0.25, 0.3) is 5.69 Å². The molecule has 0 atom stereocenters. The van der Waals surface area contributed by atoms with Gasteiger partial charge in [0, 0.05) is 44.9 Å². The van der Waals surface area contributed by atoms with Crippen LogP contribution in [0.4, 0.5) is 5.69 Å². The van der Waals surface area contributed by atoms with Gasteiger partial charge in [-0.15, -0.1) is 34.0 Å². The summed E-state index contributed by atoms with van der Waals surface area (Å²) in [7, 11) is 2.04. The number of rotatable bonds is 3. The first kappa shape index (κ1) is 21.5. The van der Waals surface area contributed by atoms with Crippen molar-refractivity contribution in [3.8, 4) is 0 Å². The number of fused-ring (bicyclic) bond motifs is 1. The zero-order chi connectivity index (χ0) is 16.6. The van der Waals surface area contributed by atoms with Crippen LogP contribution < -0.4 is 11.1 Å². The van der Waals surface area contributed by atoms with Crippen LogP contribution in [0.2, 0.25) is 0 Å². The van der Waals surface area contributed by atoms with E-state index in [9.17, 15) is 19.7 Å². The van der Waals surface area contributed by atoms with Gasteiger partial charge in [0.1, 0.15) is 0 Å². The first-order chi connectivity index (χ1) is 10.9. The molecule has 0 radical (unpaired) electrons. The van der Waals surface area contributed by atoms with E-state index >= 15 is 0 Å². The van der Waals surface area contributed by atoms with E-state index in [1.807, 2.05) is 7.05 Å². The highest BCUT2D eigenvalue weighted by Crippen LogP contribution is 2.23. The quantitative estimate of drug-likeness (QED) is 0.385. The Morgan fingerprint density at radius 2 is 1.68 bits per heavy atom. The van der Waals surface area contributed by atoms with Crippen LogP contribution in [0.1, 0.15) is 5.56 Å². The third kappa shape index (κ3) is 4.75. The number of hydrogen-bond donors (Lipinski definition) is 2.